The van der Waals surface area contributed by atoms with Crippen LogP contribution in [0.4, 0.5) is 0 Å². The van der Waals surface area contributed by atoms with Gasteiger partial charge in [-0.05, 0) is 61.0 Å². The topological polar surface area (TPSA) is 43.3 Å². The highest BCUT2D eigenvalue weighted by atomic mass is 79.9. The van der Waals surface area contributed by atoms with E-state index < -0.39 is 0 Å². The number of hydrogen-bond acceptors (Lipinski definition) is 5. The van der Waals surface area contributed by atoms with Crippen LogP contribution < -0.4 is 14.2 Å². The third kappa shape index (κ3) is 3.65. The van der Waals surface area contributed by atoms with Crippen LogP contribution in [0.3, 0.4) is 0 Å². The average Bonchev–Trinajstić information content (AvgIpc) is 3.25. The molecule has 5 rings (SSSR count). The minimum atomic E-state index is -0.382. The second kappa shape index (κ2) is 8.27. The Kier molecular flexibility index (Phi) is 5.32. The lowest BCUT2D eigenvalue weighted by Crippen LogP contribution is -2.33. The molecule has 0 spiro atoms. The van der Waals surface area contributed by atoms with Crippen LogP contribution in [-0.2, 0) is 0 Å². The van der Waals surface area contributed by atoms with Crippen molar-refractivity contribution in [1.82, 2.24) is 5.01 Å². The minimum Gasteiger partial charge on any atom is -0.496 e. The van der Waals surface area contributed by atoms with E-state index in [2.05, 4.69) is 45.2 Å². The summed E-state index contributed by atoms with van der Waals surface area (Å²) in [5, 5.41) is 7.10. The molecule has 2 aliphatic heterocycles. The molecule has 0 bridgehead atoms. The molecule has 0 unspecified atom stereocenters. The number of ether oxygens (including phenoxy) is 3. The molecule has 0 saturated carbocycles. The van der Waals surface area contributed by atoms with E-state index in [9.17, 15) is 0 Å². The maximum atomic E-state index is 6.46. The molecule has 5 nitrogen and oxygen atoms in total. The highest BCUT2D eigenvalue weighted by Crippen LogP contribution is 2.49. The number of rotatable bonds is 5. The van der Waals surface area contributed by atoms with Gasteiger partial charge in [0.05, 0.1) is 31.0 Å². The Morgan fingerprint density at radius 2 is 1.87 bits per heavy atom. The highest BCUT2D eigenvalue weighted by molar-refractivity contribution is 9.10. The average molecular weight is 479 g/mol. The highest BCUT2D eigenvalue weighted by Gasteiger charge is 2.41. The quantitative estimate of drug-likeness (QED) is 0.444. The van der Waals surface area contributed by atoms with Crippen LogP contribution in [0.15, 0.2) is 76.3 Å². The zero-order valence-corrected chi connectivity index (χ0v) is 19.0. The fourth-order valence-corrected chi connectivity index (χ4v) is 4.60. The molecule has 158 valence electrons. The van der Waals surface area contributed by atoms with E-state index in [1.54, 1.807) is 7.11 Å². The van der Waals surface area contributed by atoms with Crippen LogP contribution in [0.25, 0.3) is 0 Å². The van der Waals surface area contributed by atoms with Gasteiger partial charge in [0.1, 0.15) is 17.2 Å². The van der Waals surface area contributed by atoms with E-state index in [1.807, 2.05) is 49.4 Å². The van der Waals surface area contributed by atoms with Crippen molar-refractivity contribution in [3.8, 4) is 17.2 Å². The molecule has 2 aliphatic rings. The fourth-order valence-electron chi connectivity index (χ4n) is 4.22. The molecule has 0 aromatic heterocycles. The molecular formula is C25H23BrN2O3. The summed E-state index contributed by atoms with van der Waals surface area (Å²) in [5.74, 6) is 2.53. The molecule has 31 heavy (non-hydrogen) atoms. The van der Waals surface area contributed by atoms with Crippen molar-refractivity contribution < 1.29 is 14.2 Å². The van der Waals surface area contributed by atoms with Gasteiger partial charge in [0, 0.05) is 16.5 Å². The molecule has 3 aromatic rings. The predicted molar refractivity (Wildman–Crippen MR) is 124 cm³/mol. The van der Waals surface area contributed by atoms with Gasteiger partial charge < -0.3 is 14.2 Å². The van der Waals surface area contributed by atoms with Gasteiger partial charge >= 0.3 is 0 Å². The second-order valence-electron chi connectivity index (χ2n) is 7.50. The van der Waals surface area contributed by atoms with Gasteiger partial charge in [0.25, 0.3) is 0 Å². The van der Waals surface area contributed by atoms with Crippen molar-refractivity contribution >= 4 is 21.6 Å². The molecule has 6 heteroatoms. The van der Waals surface area contributed by atoms with E-state index in [0.717, 1.165) is 50.5 Å². The number of benzene rings is 3. The van der Waals surface area contributed by atoms with Gasteiger partial charge in [-0.15, -0.1) is 0 Å². The summed E-state index contributed by atoms with van der Waals surface area (Å²) in [6.07, 6.45) is 0.425. The summed E-state index contributed by atoms with van der Waals surface area (Å²) in [6.45, 7) is 2.64. The predicted octanol–water partition coefficient (Wildman–Crippen LogP) is 6.10. The Hall–Kier alpha value is -2.99. The zero-order chi connectivity index (χ0) is 21.4. The van der Waals surface area contributed by atoms with Gasteiger partial charge in [-0.3, -0.25) is 0 Å². The summed E-state index contributed by atoms with van der Waals surface area (Å²) < 4.78 is 18.7. The van der Waals surface area contributed by atoms with Crippen LogP contribution >= 0.6 is 15.9 Å². The summed E-state index contributed by atoms with van der Waals surface area (Å²) in [6, 6.07) is 22.4. The minimum absolute atomic E-state index is 0.0974. The van der Waals surface area contributed by atoms with Gasteiger partial charge in [-0.1, -0.05) is 34.1 Å². The molecule has 3 aromatic carbocycles. The molecule has 2 atom stereocenters. The fraction of sp³-hybridized carbons (Fsp3) is 0.240. The van der Waals surface area contributed by atoms with Crippen LogP contribution in [0, 0.1) is 0 Å². The first-order chi connectivity index (χ1) is 15.2. The lowest BCUT2D eigenvalue weighted by Gasteiger charge is -2.38. The summed E-state index contributed by atoms with van der Waals surface area (Å²) >= 11 is 3.59. The van der Waals surface area contributed by atoms with Crippen LogP contribution in [-0.4, -0.2) is 24.4 Å². The number of hydrogen-bond donors (Lipinski definition) is 0. The normalized spacial score (nSPS) is 19.2. The van der Waals surface area contributed by atoms with Gasteiger partial charge in [0.15, 0.2) is 0 Å². The molecule has 0 fully saturated rings. The van der Waals surface area contributed by atoms with Crippen molar-refractivity contribution in [3.63, 3.8) is 0 Å². The first-order valence-corrected chi connectivity index (χ1v) is 11.1. The number of nitrogens with zero attached hydrogens (tertiary/aromatic N) is 2. The van der Waals surface area contributed by atoms with Crippen molar-refractivity contribution in [2.24, 2.45) is 5.10 Å². The van der Waals surface area contributed by atoms with E-state index in [1.165, 1.54) is 0 Å². The Labute approximate surface area is 190 Å². The van der Waals surface area contributed by atoms with Crippen LogP contribution in [0.5, 0.6) is 17.2 Å². The standard InChI is InChI=1S/C25H23BrN2O3/c1-3-30-18-11-8-16(9-12-18)21-15-22-19-6-4-5-7-24(19)31-25(28(22)27-21)20-14-17(26)10-13-23(20)29-2/h4-14,22,25H,3,15H2,1-2H3/t22-,25+/m0/s1. The molecular weight excluding hydrogens is 456 g/mol. The molecule has 0 aliphatic carbocycles. The van der Waals surface area contributed by atoms with E-state index in [-0.39, 0.29) is 12.3 Å². The van der Waals surface area contributed by atoms with E-state index in [4.69, 9.17) is 19.3 Å². The Balaban J connectivity index is 1.57. The lowest BCUT2D eigenvalue weighted by atomic mass is 9.96. The third-order valence-corrected chi connectivity index (χ3v) is 6.15. The number of halogens is 1. The molecule has 0 N–H and O–H groups in total. The summed E-state index contributed by atoms with van der Waals surface area (Å²) in [4.78, 5) is 0. The summed E-state index contributed by atoms with van der Waals surface area (Å²) in [7, 11) is 1.68. The Morgan fingerprint density at radius 3 is 2.65 bits per heavy atom. The second-order valence-corrected chi connectivity index (χ2v) is 8.41. The van der Waals surface area contributed by atoms with E-state index >= 15 is 0 Å². The van der Waals surface area contributed by atoms with E-state index in [0.29, 0.717) is 6.61 Å². The first kappa shape index (κ1) is 19.9. The van der Waals surface area contributed by atoms with Crippen molar-refractivity contribution in [1.29, 1.82) is 0 Å². The summed E-state index contributed by atoms with van der Waals surface area (Å²) in [5.41, 5.74) is 4.22. The maximum absolute atomic E-state index is 6.46. The number of para-hydroxylation sites is 1. The monoisotopic (exact) mass is 478 g/mol. The van der Waals surface area contributed by atoms with Crippen LogP contribution in [0.2, 0.25) is 0 Å². The van der Waals surface area contributed by atoms with Gasteiger partial charge in [-0.25, -0.2) is 5.01 Å². The van der Waals surface area contributed by atoms with Crippen molar-refractivity contribution in [2.45, 2.75) is 25.6 Å². The van der Waals surface area contributed by atoms with Gasteiger partial charge in [0.2, 0.25) is 6.23 Å². The smallest absolute Gasteiger partial charge is 0.217 e. The van der Waals surface area contributed by atoms with Crippen LogP contribution in [0.1, 0.15) is 42.3 Å². The van der Waals surface area contributed by atoms with Gasteiger partial charge in [-0.2, -0.15) is 5.10 Å². The maximum Gasteiger partial charge on any atom is 0.217 e. The van der Waals surface area contributed by atoms with Crippen molar-refractivity contribution in [3.05, 3.63) is 87.9 Å². The molecule has 2 heterocycles. The first-order valence-electron chi connectivity index (χ1n) is 10.4. The number of hydrazone groups is 1. The zero-order valence-electron chi connectivity index (χ0n) is 17.4. The largest absolute Gasteiger partial charge is 0.496 e. The molecule has 0 saturated heterocycles. The molecule has 0 radical (unpaired) electrons. The Morgan fingerprint density at radius 1 is 1.06 bits per heavy atom. The lowest BCUT2D eigenvalue weighted by molar-refractivity contribution is -0.0203. The Bertz CT molecular complexity index is 1130. The molecule has 0 amide bonds. The SMILES string of the molecule is CCOc1ccc(C2=NN3[C@@H](c4cc(Br)ccc4OC)Oc4ccccc4[C@@H]3C2)cc1. The third-order valence-electron chi connectivity index (χ3n) is 5.66. The van der Waals surface area contributed by atoms with Crippen molar-refractivity contribution in [2.75, 3.05) is 13.7 Å². The number of fused-ring (bicyclic) bond motifs is 3. The number of methoxy groups -OCH3 is 1.